The molecular weight excluding hydrogens is 182 g/mol. The highest BCUT2D eigenvalue weighted by molar-refractivity contribution is 5.69. The molecule has 2 unspecified atom stereocenters. The smallest absolute Gasteiger partial charge is 0.307 e. The zero-order valence-electron chi connectivity index (χ0n) is 8.70. The van der Waals surface area contributed by atoms with Crippen molar-refractivity contribution in [1.82, 2.24) is 0 Å². The molecule has 82 valence electrons. The SMILES string of the molecule is COC(=O)CCOC1CCCC(N)C1. The Hall–Kier alpha value is -0.610. The summed E-state index contributed by atoms with van der Waals surface area (Å²) in [6, 6.07) is 0.270. The van der Waals surface area contributed by atoms with Crippen LogP contribution in [0.1, 0.15) is 32.1 Å². The zero-order chi connectivity index (χ0) is 10.4. The molecule has 0 aromatic rings. The van der Waals surface area contributed by atoms with E-state index < -0.39 is 0 Å². The molecular formula is C10H19NO3. The fourth-order valence-corrected chi connectivity index (χ4v) is 1.74. The van der Waals surface area contributed by atoms with Crippen molar-refractivity contribution in [2.24, 2.45) is 5.73 Å². The molecule has 4 nitrogen and oxygen atoms in total. The van der Waals surface area contributed by atoms with Crippen LogP contribution in [-0.4, -0.2) is 31.8 Å². The first-order valence-corrected chi connectivity index (χ1v) is 5.16. The highest BCUT2D eigenvalue weighted by atomic mass is 16.5. The summed E-state index contributed by atoms with van der Waals surface area (Å²) >= 11 is 0. The van der Waals surface area contributed by atoms with Crippen molar-refractivity contribution in [2.75, 3.05) is 13.7 Å². The second-order valence-electron chi connectivity index (χ2n) is 3.75. The number of esters is 1. The molecule has 0 aromatic carbocycles. The average molecular weight is 201 g/mol. The third-order valence-corrected chi connectivity index (χ3v) is 2.55. The Kier molecular flexibility index (Phi) is 4.90. The second-order valence-corrected chi connectivity index (χ2v) is 3.75. The van der Waals surface area contributed by atoms with Crippen LogP contribution in [-0.2, 0) is 14.3 Å². The normalized spacial score (nSPS) is 27.3. The third-order valence-electron chi connectivity index (χ3n) is 2.55. The molecule has 0 aromatic heterocycles. The number of hydrogen-bond acceptors (Lipinski definition) is 4. The number of carbonyl (C=O) groups is 1. The van der Waals surface area contributed by atoms with E-state index in [2.05, 4.69) is 4.74 Å². The molecule has 0 amide bonds. The lowest BCUT2D eigenvalue weighted by molar-refractivity contribution is -0.142. The van der Waals surface area contributed by atoms with Crippen LogP contribution in [0.4, 0.5) is 0 Å². The lowest BCUT2D eigenvalue weighted by Gasteiger charge is -2.26. The quantitative estimate of drug-likeness (QED) is 0.684. The Bertz CT molecular complexity index is 184. The van der Waals surface area contributed by atoms with E-state index in [0.717, 1.165) is 25.7 Å². The van der Waals surface area contributed by atoms with Gasteiger partial charge in [-0.1, -0.05) is 0 Å². The molecule has 1 rings (SSSR count). The Morgan fingerprint density at radius 1 is 1.50 bits per heavy atom. The molecule has 0 bridgehead atoms. The first-order valence-electron chi connectivity index (χ1n) is 5.16. The number of nitrogens with two attached hydrogens (primary N) is 1. The van der Waals surface area contributed by atoms with E-state index in [-0.39, 0.29) is 18.1 Å². The molecule has 1 fully saturated rings. The number of ether oxygens (including phenoxy) is 2. The summed E-state index contributed by atoms with van der Waals surface area (Å²) in [6.07, 6.45) is 4.78. The predicted molar refractivity (Wildman–Crippen MR) is 52.8 cm³/mol. The van der Waals surface area contributed by atoms with Gasteiger partial charge in [0.15, 0.2) is 0 Å². The van der Waals surface area contributed by atoms with Crippen LogP contribution in [0.25, 0.3) is 0 Å². The molecule has 2 atom stereocenters. The van der Waals surface area contributed by atoms with Crippen LogP contribution in [0.3, 0.4) is 0 Å². The maximum Gasteiger partial charge on any atom is 0.307 e. The highest BCUT2D eigenvalue weighted by Crippen LogP contribution is 2.19. The van der Waals surface area contributed by atoms with Crippen molar-refractivity contribution in [3.05, 3.63) is 0 Å². The van der Waals surface area contributed by atoms with Gasteiger partial charge in [-0.05, 0) is 25.7 Å². The maximum atomic E-state index is 10.8. The van der Waals surface area contributed by atoms with Gasteiger partial charge in [0.1, 0.15) is 0 Å². The van der Waals surface area contributed by atoms with Gasteiger partial charge in [-0.15, -0.1) is 0 Å². The minimum absolute atomic E-state index is 0.217. The van der Waals surface area contributed by atoms with Crippen molar-refractivity contribution in [3.63, 3.8) is 0 Å². The molecule has 0 heterocycles. The van der Waals surface area contributed by atoms with E-state index in [4.69, 9.17) is 10.5 Å². The van der Waals surface area contributed by atoms with Crippen LogP contribution in [0.15, 0.2) is 0 Å². The number of hydrogen-bond donors (Lipinski definition) is 1. The molecule has 1 aliphatic carbocycles. The van der Waals surface area contributed by atoms with Gasteiger partial charge in [0.2, 0.25) is 0 Å². The van der Waals surface area contributed by atoms with Gasteiger partial charge >= 0.3 is 5.97 Å². The van der Waals surface area contributed by atoms with E-state index in [0.29, 0.717) is 13.0 Å². The minimum Gasteiger partial charge on any atom is -0.469 e. The first-order chi connectivity index (χ1) is 6.72. The van der Waals surface area contributed by atoms with Crippen molar-refractivity contribution < 1.29 is 14.3 Å². The second kappa shape index (κ2) is 5.98. The van der Waals surface area contributed by atoms with Crippen LogP contribution in [0.5, 0.6) is 0 Å². The lowest BCUT2D eigenvalue weighted by Crippen LogP contribution is -2.32. The molecule has 2 N–H and O–H groups in total. The van der Waals surface area contributed by atoms with Crippen LogP contribution < -0.4 is 5.73 Å². The summed E-state index contributed by atoms with van der Waals surface area (Å²) in [4.78, 5) is 10.8. The summed E-state index contributed by atoms with van der Waals surface area (Å²) in [5.74, 6) is -0.217. The largest absolute Gasteiger partial charge is 0.469 e. The number of carbonyl (C=O) groups excluding carboxylic acids is 1. The fourth-order valence-electron chi connectivity index (χ4n) is 1.74. The Labute approximate surface area is 84.7 Å². The third kappa shape index (κ3) is 4.07. The molecule has 4 heteroatoms. The summed E-state index contributed by atoms with van der Waals surface area (Å²) in [7, 11) is 1.39. The first kappa shape index (κ1) is 11.5. The van der Waals surface area contributed by atoms with E-state index in [9.17, 15) is 4.79 Å². The van der Waals surface area contributed by atoms with E-state index in [1.807, 2.05) is 0 Å². The lowest BCUT2D eigenvalue weighted by atomic mass is 9.94. The van der Waals surface area contributed by atoms with Gasteiger partial charge in [-0.2, -0.15) is 0 Å². The zero-order valence-corrected chi connectivity index (χ0v) is 8.70. The molecule has 0 aliphatic heterocycles. The van der Waals surface area contributed by atoms with Crippen LogP contribution >= 0.6 is 0 Å². The minimum atomic E-state index is -0.217. The molecule has 0 spiro atoms. The van der Waals surface area contributed by atoms with Crippen molar-refractivity contribution in [3.8, 4) is 0 Å². The topological polar surface area (TPSA) is 61.5 Å². The highest BCUT2D eigenvalue weighted by Gasteiger charge is 2.19. The predicted octanol–water partition coefficient (Wildman–Crippen LogP) is 0.836. The average Bonchev–Trinajstić information content (AvgIpc) is 2.17. The van der Waals surface area contributed by atoms with Crippen molar-refractivity contribution in [1.29, 1.82) is 0 Å². The maximum absolute atomic E-state index is 10.8. The molecule has 0 saturated heterocycles. The van der Waals surface area contributed by atoms with E-state index in [1.54, 1.807) is 0 Å². The van der Waals surface area contributed by atoms with E-state index >= 15 is 0 Å². The van der Waals surface area contributed by atoms with Crippen molar-refractivity contribution >= 4 is 5.97 Å². The Morgan fingerprint density at radius 2 is 2.29 bits per heavy atom. The van der Waals surface area contributed by atoms with Gasteiger partial charge in [0, 0.05) is 6.04 Å². The molecule has 1 saturated carbocycles. The molecule has 14 heavy (non-hydrogen) atoms. The Morgan fingerprint density at radius 3 is 2.93 bits per heavy atom. The summed E-state index contributed by atoms with van der Waals surface area (Å²) in [5, 5.41) is 0. The van der Waals surface area contributed by atoms with Gasteiger partial charge in [-0.3, -0.25) is 4.79 Å². The summed E-state index contributed by atoms with van der Waals surface area (Å²) in [6.45, 7) is 0.448. The fraction of sp³-hybridized carbons (Fsp3) is 0.900. The van der Waals surface area contributed by atoms with E-state index in [1.165, 1.54) is 7.11 Å². The number of rotatable bonds is 4. The monoisotopic (exact) mass is 201 g/mol. The number of methoxy groups -OCH3 is 1. The van der Waals surface area contributed by atoms with Gasteiger partial charge in [0.25, 0.3) is 0 Å². The standard InChI is InChI=1S/C10H19NO3/c1-13-10(12)5-6-14-9-4-2-3-8(11)7-9/h8-9H,2-7,11H2,1H3. The van der Waals surface area contributed by atoms with Gasteiger partial charge in [-0.25, -0.2) is 0 Å². The molecule has 0 radical (unpaired) electrons. The van der Waals surface area contributed by atoms with Crippen molar-refractivity contribution in [2.45, 2.75) is 44.2 Å². The van der Waals surface area contributed by atoms with Crippen LogP contribution in [0, 0.1) is 0 Å². The van der Waals surface area contributed by atoms with Gasteiger partial charge < -0.3 is 15.2 Å². The summed E-state index contributed by atoms with van der Waals surface area (Å²) in [5.41, 5.74) is 5.81. The summed E-state index contributed by atoms with van der Waals surface area (Å²) < 4.78 is 10.1. The molecule has 1 aliphatic rings. The Balaban J connectivity index is 2.08. The van der Waals surface area contributed by atoms with Gasteiger partial charge in [0.05, 0.1) is 26.2 Å². The van der Waals surface area contributed by atoms with Crippen LogP contribution in [0.2, 0.25) is 0 Å².